The topological polar surface area (TPSA) is 81.1 Å². The van der Waals surface area contributed by atoms with E-state index < -0.39 is 6.03 Å². The lowest BCUT2D eigenvalue weighted by Gasteiger charge is -2.19. The molecule has 0 atom stereocenters. The number of carbonyl (C=O) groups is 1. The van der Waals surface area contributed by atoms with Crippen LogP contribution in [0.2, 0.25) is 0 Å². The Labute approximate surface area is 185 Å². The molecule has 7 nitrogen and oxygen atoms in total. The number of nitrogens with zero attached hydrogens (tertiary/aromatic N) is 3. The van der Waals surface area contributed by atoms with Gasteiger partial charge in [0.2, 0.25) is 5.88 Å². The summed E-state index contributed by atoms with van der Waals surface area (Å²) >= 11 is 1.11. The molecule has 9 heteroatoms. The maximum absolute atomic E-state index is 14.4. The van der Waals surface area contributed by atoms with E-state index in [-0.39, 0.29) is 17.8 Å². The summed E-state index contributed by atoms with van der Waals surface area (Å²) in [4.78, 5) is 16.8. The molecule has 2 aromatic heterocycles. The molecule has 0 aliphatic rings. The first-order chi connectivity index (χ1) is 14.8. The molecular formula is C22H26FN5O2S. The fraction of sp³-hybridized carbons (Fsp3) is 0.318. The SMILES string of the molecule is COc1cc(-c2cc(F)cc(C(C)C)c2NC(=O)NSc2ccn(C(C)C)n2)ccn1. The van der Waals surface area contributed by atoms with Crippen LogP contribution in [-0.4, -0.2) is 27.9 Å². The molecule has 0 unspecified atom stereocenters. The van der Waals surface area contributed by atoms with Crippen molar-refractivity contribution in [3.8, 4) is 17.0 Å². The van der Waals surface area contributed by atoms with E-state index in [0.29, 0.717) is 33.3 Å². The van der Waals surface area contributed by atoms with Gasteiger partial charge in [-0.15, -0.1) is 0 Å². The van der Waals surface area contributed by atoms with Crippen molar-refractivity contribution in [2.24, 2.45) is 0 Å². The predicted octanol–water partition coefficient (Wildman–Crippen LogP) is 5.63. The molecule has 0 spiro atoms. The monoisotopic (exact) mass is 443 g/mol. The average molecular weight is 444 g/mol. The van der Waals surface area contributed by atoms with Gasteiger partial charge in [0.15, 0.2) is 0 Å². The highest BCUT2D eigenvalue weighted by Crippen LogP contribution is 2.36. The van der Waals surface area contributed by atoms with E-state index in [2.05, 4.69) is 20.1 Å². The van der Waals surface area contributed by atoms with Crippen LogP contribution in [0, 0.1) is 5.82 Å². The lowest BCUT2D eigenvalue weighted by atomic mass is 9.94. The maximum atomic E-state index is 14.4. The van der Waals surface area contributed by atoms with E-state index in [1.54, 1.807) is 18.3 Å². The highest BCUT2D eigenvalue weighted by molar-refractivity contribution is 7.97. The Morgan fingerprint density at radius 3 is 2.61 bits per heavy atom. The predicted molar refractivity (Wildman–Crippen MR) is 121 cm³/mol. The number of rotatable bonds is 7. The molecule has 0 aliphatic carbocycles. The first-order valence-corrected chi connectivity index (χ1v) is 10.7. The van der Waals surface area contributed by atoms with Gasteiger partial charge >= 0.3 is 6.03 Å². The van der Waals surface area contributed by atoms with E-state index in [4.69, 9.17) is 4.74 Å². The van der Waals surface area contributed by atoms with Gasteiger partial charge < -0.3 is 10.1 Å². The zero-order valence-electron chi connectivity index (χ0n) is 18.1. The quantitative estimate of drug-likeness (QED) is 0.463. The number of nitrogens with one attached hydrogen (secondary N) is 2. The van der Waals surface area contributed by atoms with Crippen molar-refractivity contribution in [3.05, 3.63) is 54.1 Å². The molecule has 0 saturated carbocycles. The molecule has 0 fully saturated rings. The second kappa shape index (κ2) is 9.82. The van der Waals surface area contributed by atoms with Gasteiger partial charge in [-0.2, -0.15) is 5.10 Å². The molecule has 164 valence electrons. The number of carbonyl (C=O) groups excluding carboxylic acids is 1. The number of benzene rings is 1. The van der Waals surface area contributed by atoms with Crippen LogP contribution in [-0.2, 0) is 0 Å². The molecular weight excluding hydrogens is 417 g/mol. The number of amides is 2. The van der Waals surface area contributed by atoms with Crippen molar-refractivity contribution in [2.75, 3.05) is 12.4 Å². The van der Waals surface area contributed by atoms with Crippen LogP contribution < -0.4 is 14.8 Å². The third-order valence-corrected chi connectivity index (χ3v) is 5.32. The number of hydrogen-bond acceptors (Lipinski definition) is 5. The minimum atomic E-state index is -0.431. The van der Waals surface area contributed by atoms with Crippen LogP contribution in [0.3, 0.4) is 0 Å². The summed E-state index contributed by atoms with van der Waals surface area (Å²) in [5.41, 5.74) is 2.46. The Bertz CT molecular complexity index is 1070. The van der Waals surface area contributed by atoms with Crippen molar-refractivity contribution in [3.63, 3.8) is 0 Å². The molecule has 2 N–H and O–H groups in total. The molecule has 0 radical (unpaired) electrons. The number of anilines is 1. The third-order valence-electron chi connectivity index (χ3n) is 4.61. The normalized spacial score (nSPS) is 11.1. The van der Waals surface area contributed by atoms with Gasteiger partial charge in [0.05, 0.1) is 12.8 Å². The molecule has 31 heavy (non-hydrogen) atoms. The van der Waals surface area contributed by atoms with Crippen LogP contribution >= 0.6 is 11.9 Å². The summed E-state index contributed by atoms with van der Waals surface area (Å²) in [7, 11) is 1.52. The Hall–Kier alpha value is -3.07. The van der Waals surface area contributed by atoms with Gasteiger partial charge in [0.1, 0.15) is 10.8 Å². The van der Waals surface area contributed by atoms with Gasteiger partial charge in [-0.1, -0.05) is 13.8 Å². The van der Waals surface area contributed by atoms with Crippen molar-refractivity contribution in [2.45, 2.75) is 44.7 Å². The number of pyridine rings is 1. The lowest BCUT2D eigenvalue weighted by Crippen LogP contribution is -2.24. The fourth-order valence-corrected chi connectivity index (χ4v) is 3.55. The van der Waals surface area contributed by atoms with Gasteiger partial charge in [-0.3, -0.25) is 9.40 Å². The van der Waals surface area contributed by atoms with E-state index in [9.17, 15) is 9.18 Å². The summed E-state index contributed by atoms with van der Waals surface area (Å²) in [6.45, 7) is 7.95. The standard InChI is InChI=1S/C22H26FN5O2S/c1-13(2)17-11-16(23)12-18(15-6-8-24-19(10-15)30-5)21(17)25-22(29)27-31-20-7-9-28(26-20)14(3)4/h6-14H,1-5H3,(H2,25,27,29). The van der Waals surface area contributed by atoms with Crippen LogP contribution in [0.15, 0.2) is 47.8 Å². The maximum Gasteiger partial charge on any atom is 0.329 e. The number of hydrogen-bond donors (Lipinski definition) is 2. The van der Waals surface area contributed by atoms with Crippen molar-refractivity contribution in [1.29, 1.82) is 0 Å². The Morgan fingerprint density at radius 1 is 1.19 bits per heavy atom. The summed E-state index contributed by atoms with van der Waals surface area (Å²) in [5, 5.41) is 7.96. The molecule has 3 aromatic rings. The van der Waals surface area contributed by atoms with Gasteiger partial charge in [0.25, 0.3) is 0 Å². The second-order valence-electron chi connectivity index (χ2n) is 7.55. The van der Waals surface area contributed by atoms with Crippen LogP contribution in [0.5, 0.6) is 5.88 Å². The van der Waals surface area contributed by atoms with E-state index in [1.165, 1.54) is 19.2 Å². The minimum Gasteiger partial charge on any atom is -0.481 e. The molecule has 0 bridgehead atoms. The van der Waals surface area contributed by atoms with Crippen LogP contribution in [0.25, 0.3) is 11.1 Å². The van der Waals surface area contributed by atoms with Crippen molar-refractivity contribution < 1.29 is 13.9 Å². The van der Waals surface area contributed by atoms with E-state index in [1.807, 2.05) is 44.6 Å². The molecule has 2 heterocycles. The molecule has 0 aliphatic heterocycles. The van der Waals surface area contributed by atoms with Gasteiger partial charge in [0, 0.05) is 42.0 Å². The summed E-state index contributed by atoms with van der Waals surface area (Å²) in [6.07, 6.45) is 3.44. The zero-order chi connectivity index (χ0) is 22.5. The summed E-state index contributed by atoms with van der Waals surface area (Å²) in [6, 6.07) is 7.92. The first-order valence-electron chi connectivity index (χ1n) is 9.91. The molecule has 0 saturated heterocycles. The highest BCUT2D eigenvalue weighted by Gasteiger charge is 2.18. The van der Waals surface area contributed by atoms with Crippen LogP contribution in [0.1, 0.15) is 45.2 Å². The van der Waals surface area contributed by atoms with Crippen molar-refractivity contribution in [1.82, 2.24) is 19.5 Å². The second-order valence-corrected chi connectivity index (χ2v) is 8.37. The van der Waals surface area contributed by atoms with E-state index in [0.717, 1.165) is 11.9 Å². The zero-order valence-corrected chi connectivity index (χ0v) is 19.0. The molecule has 1 aromatic carbocycles. The first kappa shape index (κ1) is 22.6. The third kappa shape index (κ3) is 5.55. The number of halogens is 1. The number of ether oxygens (including phenoxy) is 1. The average Bonchev–Trinajstić information content (AvgIpc) is 3.22. The van der Waals surface area contributed by atoms with Gasteiger partial charge in [-0.25, -0.2) is 14.2 Å². The summed E-state index contributed by atoms with van der Waals surface area (Å²) < 4.78 is 24.2. The number of urea groups is 1. The Kier molecular flexibility index (Phi) is 7.17. The van der Waals surface area contributed by atoms with E-state index >= 15 is 0 Å². The van der Waals surface area contributed by atoms with Gasteiger partial charge in [-0.05, 0) is 55.2 Å². The fourth-order valence-electron chi connectivity index (χ4n) is 3.04. The molecule has 3 rings (SSSR count). The highest BCUT2D eigenvalue weighted by atomic mass is 32.2. The Balaban J connectivity index is 1.88. The van der Waals surface area contributed by atoms with Crippen LogP contribution in [0.4, 0.5) is 14.9 Å². The number of aromatic nitrogens is 3. The largest absolute Gasteiger partial charge is 0.481 e. The van der Waals surface area contributed by atoms with Crippen molar-refractivity contribution >= 4 is 23.7 Å². The molecule has 2 amide bonds. The smallest absolute Gasteiger partial charge is 0.329 e. The lowest BCUT2D eigenvalue weighted by molar-refractivity contribution is 0.257. The Morgan fingerprint density at radius 2 is 1.97 bits per heavy atom. The summed E-state index contributed by atoms with van der Waals surface area (Å²) in [5.74, 6) is 0.0106. The number of methoxy groups -OCH3 is 1. The minimum absolute atomic E-state index is 0.0112.